The summed E-state index contributed by atoms with van der Waals surface area (Å²) >= 11 is 0. The van der Waals surface area contributed by atoms with Crippen molar-refractivity contribution in [1.82, 2.24) is 14.9 Å². The Morgan fingerprint density at radius 1 is 1.17 bits per heavy atom. The number of fused-ring (bicyclic) bond motifs is 1. The summed E-state index contributed by atoms with van der Waals surface area (Å²) < 4.78 is 0. The zero-order valence-electron chi connectivity index (χ0n) is 10.6. The molecule has 3 nitrogen and oxygen atoms in total. The normalized spacial score (nSPS) is 15.4. The van der Waals surface area contributed by atoms with Gasteiger partial charge in [0.1, 0.15) is 6.33 Å². The lowest BCUT2D eigenvalue weighted by Gasteiger charge is -2.28. The van der Waals surface area contributed by atoms with Gasteiger partial charge in [0.05, 0.1) is 0 Å². The molecular weight excluding hydrogens is 222 g/mol. The molecule has 18 heavy (non-hydrogen) atoms. The zero-order chi connectivity index (χ0) is 12.4. The van der Waals surface area contributed by atoms with Gasteiger partial charge in [-0.3, -0.25) is 4.90 Å². The molecule has 0 unspecified atom stereocenters. The first-order chi connectivity index (χ1) is 8.83. The van der Waals surface area contributed by atoms with Crippen LogP contribution < -0.4 is 0 Å². The minimum Gasteiger partial charge on any atom is -0.294 e. The minimum atomic E-state index is 0.969. The van der Waals surface area contributed by atoms with Crippen LogP contribution in [-0.2, 0) is 19.5 Å². The van der Waals surface area contributed by atoms with E-state index in [0.717, 1.165) is 31.7 Å². The van der Waals surface area contributed by atoms with Crippen molar-refractivity contribution in [3.8, 4) is 0 Å². The highest BCUT2D eigenvalue weighted by Gasteiger charge is 2.19. The van der Waals surface area contributed by atoms with E-state index >= 15 is 0 Å². The Morgan fingerprint density at radius 2 is 2.00 bits per heavy atom. The van der Waals surface area contributed by atoms with Gasteiger partial charge in [0.2, 0.25) is 0 Å². The molecule has 3 heteroatoms. The van der Waals surface area contributed by atoms with Gasteiger partial charge >= 0.3 is 0 Å². The second-order valence-corrected chi connectivity index (χ2v) is 4.83. The molecule has 0 saturated carbocycles. The second-order valence-electron chi connectivity index (χ2n) is 4.83. The monoisotopic (exact) mass is 239 g/mol. The molecule has 0 amide bonds. The molecular formula is C15H17N3. The summed E-state index contributed by atoms with van der Waals surface area (Å²) in [6.45, 7) is 5.14. The molecule has 3 rings (SSSR count). The lowest BCUT2D eigenvalue weighted by Crippen LogP contribution is -2.31. The fraction of sp³-hybridized carbons (Fsp3) is 0.333. The minimum absolute atomic E-state index is 0.969. The van der Waals surface area contributed by atoms with Crippen LogP contribution in [0.3, 0.4) is 0 Å². The molecule has 1 aromatic carbocycles. The topological polar surface area (TPSA) is 29.0 Å². The van der Waals surface area contributed by atoms with Gasteiger partial charge < -0.3 is 0 Å². The third kappa shape index (κ3) is 2.27. The van der Waals surface area contributed by atoms with E-state index in [0.29, 0.717) is 0 Å². The van der Waals surface area contributed by atoms with Crippen LogP contribution in [0.1, 0.15) is 22.5 Å². The number of hydrogen-bond donors (Lipinski definition) is 0. The van der Waals surface area contributed by atoms with Gasteiger partial charge in [-0.1, -0.05) is 30.3 Å². The Kier molecular flexibility index (Phi) is 3.07. The molecule has 0 spiro atoms. The van der Waals surface area contributed by atoms with Crippen LogP contribution in [0, 0.1) is 6.92 Å². The van der Waals surface area contributed by atoms with Gasteiger partial charge in [-0.2, -0.15) is 0 Å². The molecule has 0 bridgehead atoms. The van der Waals surface area contributed by atoms with Crippen LogP contribution in [0.5, 0.6) is 0 Å². The largest absolute Gasteiger partial charge is 0.294 e. The standard InChI is InChI=1S/C15H17N3/c1-12-14-10-18(8-7-15(14)17-11-16-12)9-13-5-3-2-4-6-13/h2-6,11H,7-10H2,1H3. The third-order valence-corrected chi connectivity index (χ3v) is 3.55. The highest BCUT2D eigenvalue weighted by Crippen LogP contribution is 2.20. The molecule has 1 aromatic heterocycles. The maximum Gasteiger partial charge on any atom is 0.115 e. The number of aryl methyl sites for hydroxylation is 1. The Morgan fingerprint density at radius 3 is 2.83 bits per heavy atom. The van der Waals surface area contributed by atoms with Crippen molar-refractivity contribution >= 4 is 0 Å². The molecule has 0 saturated heterocycles. The predicted molar refractivity (Wildman–Crippen MR) is 71.0 cm³/mol. The van der Waals surface area contributed by atoms with E-state index in [4.69, 9.17) is 0 Å². The highest BCUT2D eigenvalue weighted by atomic mass is 15.1. The number of rotatable bonds is 2. The van der Waals surface area contributed by atoms with Crippen LogP contribution >= 0.6 is 0 Å². The molecule has 0 radical (unpaired) electrons. The zero-order valence-corrected chi connectivity index (χ0v) is 10.6. The summed E-state index contributed by atoms with van der Waals surface area (Å²) in [6, 6.07) is 10.6. The molecule has 92 valence electrons. The first kappa shape index (κ1) is 11.4. The van der Waals surface area contributed by atoms with Gasteiger partial charge in [-0.05, 0) is 12.5 Å². The maximum absolute atomic E-state index is 4.38. The van der Waals surface area contributed by atoms with Crippen molar-refractivity contribution in [2.24, 2.45) is 0 Å². The number of nitrogens with zero attached hydrogens (tertiary/aromatic N) is 3. The first-order valence-corrected chi connectivity index (χ1v) is 6.38. The van der Waals surface area contributed by atoms with Crippen molar-refractivity contribution in [2.75, 3.05) is 6.54 Å². The summed E-state index contributed by atoms with van der Waals surface area (Å²) in [6.07, 6.45) is 2.71. The van der Waals surface area contributed by atoms with E-state index in [1.54, 1.807) is 6.33 Å². The van der Waals surface area contributed by atoms with E-state index in [1.807, 2.05) is 0 Å². The Bertz CT molecular complexity index is 537. The fourth-order valence-corrected chi connectivity index (χ4v) is 2.51. The smallest absolute Gasteiger partial charge is 0.115 e. The lowest BCUT2D eigenvalue weighted by molar-refractivity contribution is 0.242. The first-order valence-electron chi connectivity index (χ1n) is 6.38. The van der Waals surface area contributed by atoms with Gasteiger partial charge in [0, 0.05) is 43.0 Å². The molecule has 2 aromatic rings. The summed E-state index contributed by atoms with van der Waals surface area (Å²) in [7, 11) is 0. The van der Waals surface area contributed by atoms with Crippen molar-refractivity contribution < 1.29 is 0 Å². The summed E-state index contributed by atoms with van der Waals surface area (Å²) in [5, 5.41) is 0. The van der Waals surface area contributed by atoms with E-state index in [2.05, 4.69) is 52.1 Å². The molecule has 1 aliphatic heterocycles. The highest BCUT2D eigenvalue weighted by molar-refractivity contribution is 5.26. The molecule has 0 N–H and O–H groups in total. The SMILES string of the molecule is Cc1ncnc2c1CN(Cc1ccccc1)CC2. The average molecular weight is 239 g/mol. The van der Waals surface area contributed by atoms with Crippen LogP contribution in [-0.4, -0.2) is 21.4 Å². The molecule has 0 aliphatic carbocycles. The van der Waals surface area contributed by atoms with Crippen molar-refractivity contribution in [2.45, 2.75) is 26.4 Å². The van der Waals surface area contributed by atoms with Gasteiger partial charge in [-0.15, -0.1) is 0 Å². The summed E-state index contributed by atoms with van der Waals surface area (Å²) in [5.41, 5.74) is 5.04. The maximum atomic E-state index is 4.38. The van der Waals surface area contributed by atoms with Crippen molar-refractivity contribution in [3.63, 3.8) is 0 Å². The van der Waals surface area contributed by atoms with Crippen molar-refractivity contribution in [1.29, 1.82) is 0 Å². The quantitative estimate of drug-likeness (QED) is 0.805. The number of aromatic nitrogens is 2. The predicted octanol–water partition coefficient (Wildman–Crippen LogP) is 2.34. The van der Waals surface area contributed by atoms with E-state index in [9.17, 15) is 0 Å². The fourth-order valence-electron chi connectivity index (χ4n) is 2.51. The average Bonchev–Trinajstić information content (AvgIpc) is 2.41. The molecule has 0 atom stereocenters. The molecule has 0 fully saturated rings. The van der Waals surface area contributed by atoms with E-state index < -0.39 is 0 Å². The summed E-state index contributed by atoms with van der Waals surface area (Å²) in [4.78, 5) is 11.1. The van der Waals surface area contributed by atoms with Gasteiger partial charge in [-0.25, -0.2) is 9.97 Å². The van der Waals surface area contributed by atoms with E-state index in [-0.39, 0.29) is 0 Å². The van der Waals surface area contributed by atoms with Gasteiger partial charge in [0.15, 0.2) is 0 Å². The van der Waals surface area contributed by atoms with Crippen LogP contribution in [0.4, 0.5) is 0 Å². The van der Waals surface area contributed by atoms with Gasteiger partial charge in [0.25, 0.3) is 0 Å². The second kappa shape index (κ2) is 4.86. The van der Waals surface area contributed by atoms with Crippen LogP contribution in [0.25, 0.3) is 0 Å². The van der Waals surface area contributed by atoms with E-state index in [1.165, 1.54) is 16.8 Å². The molecule has 2 heterocycles. The summed E-state index contributed by atoms with van der Waals surface area (Å²) in [5.74, 6) is 0. The van der Waals surface area contributed by atoms with Crippen molar-refractivity contribution in [3.05, 3.63) is 59.2 Å². The molecule has 1 aliphatic rings. The Hall–Kier alpha value is -1.74. The van der Waals surface area contributed by atoms with Crippen LogP contribution in [0.15, 0.2) is 36.7 Å². The lowest BCUT2D eigenvalue weighted by atomic mass is 10.0. The van der Waals surface area contributed by atoms with Crippen LogP contribution in [0.2, 0.25) is 0 Å². The Balaban J connectivity index is 1.77. The third-order valence-electron chi connectivity index (χ3n) is 3.55. The number of benzene rings is 1. The number of hydrogen-bond acceptors (Lipinski definition) is 3. The Labute approximate surface area is 108 Å².